The lowest BCUT2D eigenvalue weighted by Gasteiger charge is -2.42. The molecule has 4 heteroatoms. The minimum atomic E-state index is -0.0952. The molecule has 228 valence electrons. The monoisotopic (exact) mass is 600 g/mol. The molecule has 0 bridgehead atoms. The van der Waals surface area contributed by atoms with Crippen LogP contribution in [-0.2, 0) is 5.41 Å². The lowest BCUT2D eigenvalue weighted by molar-refractivity contribution is 0.632. The first kappa shape index (κ1) is 29.6. The third-order valence-corrected chi connectivity index (χ3v) is 9.33. The van der Waals surface area contributed by atoms with Gasteiger partial charge in [0, 0.05) is 27.8 Å². The van der Waals surface area contributed by atoms with Crippen molar-refractivity contribution in [2.75, 3.05) is 4.90 Å². The Balaban J connectivity index is 1.32. The van der Waals surface area contributed by atoms with Gasteiger partial charge in [-0.25, -0.2) is 15.0 Å². The molecular weight excluding hydrogens is 560 g/mol. The first-order chi connectivity index (χ1) is 22.2. The molecule has 1 aromatic heterocycles. The van der Waals surface area contributed by atoms with E-state index in [1.807, 2.05) is 0 Å². The van der Waals surface area contributed by atoms with Gasteiger partial charge in [-0.2, -0.15) is 0 Å². The van der Waals surface area contributed by atoms with Crippen LogP contribution in [0, 0.1) is 0 Å². The van der Waals surface area contributed by atoms with Crippen LogP contribution in [-0.4, -0.2) is 15.0 Å². The fourth-order valence-corrected chi connectivity index (χ4v) is 6.50. The number of hydrogen-bond donors (Lipinski definition) is 0. The van der Waals surface area contributed by atoms with Crippen molar-refractivity contribution >= 4 is 17.1 Å². The summed E-state index contributed by atoms with van der Waals surface area (Å²) in [6.07, 6.45) is 0. The van der Waals surface area contributed by atoms with Crippen molar-refractivity contribution in [2.24, 2.45) is 0 Å². The zero-order chi connectivity index (χ0) is 32.0. The summed E-state index contributed by atoms with van der Waals surface area (Å²) in [5, 5.41) is 0. The SMILES string of the molecule is CC(C)c1ccc(-c2nc(-c3ccc(C(C)C)cc3)nc(-c3ccc(N4c5ccccc5C(C)(C)c5ccccc54)cc3)n2)cc1. The fourth-order valence-electron chi connectivity index (χ4n) is 6.50. The van der Waals surface area contributed by atoms with Gasteiger partial charge in [0.05, 0.1) is 11.4 Å². The number of hydrogen-bond acceptors (Lipinski definition) is 4. The Hall–Kier alpha value is -5.09. The Morgan fingerprint density at radius 3 is 1.17 bits per heavy atom. The second-order valence-corrected chi connectivity index (χ2v) is 13.4. The average molecular weight is 601 g/mol. The molecule has 0 aliphatic carbocycles. The molecule has 7 rings (SSSR count). The Kier molecular flexibility index (Phi) is 7.52. The maximum atomic E-state index is 5.02. The zero-order valence-electron chi connectivity index (χ0n) is 27.5. The van der Waals surface area contributed by atoms with Crippen molar-refractivity contribution in [1.82, 2.24) is 15.0 Å². The molecule has 4 nitrogen and oxygen atoms in total. The Morgan fingerprint density at radius 1 is 0.457 bits per heavy atom. The van der Waals surface area contributed by atoms with E-state index in [1.165, 1.54) is 33.6 Å². The van der Waals surface area contributed by atoms with E-state index in [9.17, 15) is 0 Å². The van der Waals surface area contributed by atoms with E-state index >= 15 is 0 Å². The average Bonchev–Trinajstić information content (AvgIpc) is 3.08. The topological polar surface area (TPSA) is 41.9 Å². The first-order valence-corrected chi connectivity index (χ1v) is 16.3. The Morgan fingerprint density at radius 2 is 0.804 bits per heavy atom. The van der Waals surface area contributed by atoms with Gasteiger partial charge >= 0.3 is 0 Å². The summed E-state index contributed by atoms with van der Waals surface area (Å²) < 4.78 is 0. The molecule has 0 N–H and O–H groups in total. The highest BCUT2D eigenvalue weighted by molar-refractivity contribution is 5.86. The van der Waals surface area contributed by atoms with Crippen molar-refractivity contribution in [1.29, 1.82) is 0 Å². The van der Waals surface area contributed by atoms with Crippen LogP contribution in [0.15, 0.2) is 121 Å². The van der Waals surface area contributed by atoms with Gasteiger partial charge < -0.3 is 4.90 Å². The van der Waals surface area contributed by atoms with Crippen LogP contribution in [0.25, 0.3) is 34.2 Å². The maximum Gasteiger partial charge on any atom is 0.164 e. The summed E-state index contributed by atoms with van der Waals surface area (Å²) in [6.45, 7) is 13.5. The standard InChI is InChI=1S/C42H40N4/c1-27(2)29-15-19-31(20-16-29)39-43-40(32-21-17-30(18-22-32)28(3)4)45-41(44-39)33-23-25-34(26-24-33)46-37-13-9-7-11-35(37)42(5,6)36-12-8-10-14-38(36)46/h7-28H,1-6H3. The first-order valence-electron chi connectivity index (χ1n) is 16.3. The molecule has 0 amide bonds. The molecule has 0 radical (unpaired) electrons. The molecule has 6 aromatic rings. The summed E-state index contributed by atoms with van der Waals surface area (Å²) in [5.74, 6) is 2.93. The van der Waals surface area contributed by atoms with Gasteiger partial charge in [0.2, 0.25) is 0 Å². The molecule has 46 heavy (non-hydrogen) atoms. The lowest BCUT2D eigenvalue weighted by Crippen LogP contribution is -2.30. The van der Waals surface area contributed by atoms with Crippen molar-refractivity contribution in [3.63, 3.8) is 0 Å². The van der Waals surface area contributed by atoms with Gasteiger partial charge in [-0.15, -0.1) is 0 Å². The number of rotatable bonds is 6. The lowest BCUT2D eigenvalue weighted by atomic mass is 9.73. The zero-order valence-corrected chi connectivity index (χ0v) is 27.5. The molecule has 0 atom stereocenters. The van der Waals surface area contributed by atoms with Crippen LogP contribution >= 0.6 is 0 Å². The molecule has 0 spiro atoms. The molecule has 0 unspecified atom stereocenters. The third-order valence-electron chi connectivity index (χ3n) is 9.33. The van der Waals surface area contributed by atoms with Gasteiger partial charge in [0.15, 0.2) is 17.5 Å². The number of para-hydroxylation sites is 2. The van der Waals surface area contributed by atoms with Crippen LogP contribution in [0.2, 0.25) is 0 Å². The predicted molar refractivity (Wildman–Crippen MR) is 191 cm³/mol. The molecular formula is C42H40N4. The number of benzene rings is 5. The molecule has 2 heterocycles. The van der Waals surface area contributed by atoms with Crippen molar-refractivity contribution in [2.45, 2.75) is 58.8 Å². The molecule has 5 aromatic carbocycles. The van der Waals surface area contributed by atoms with E-state index in [1.54, 1.807) is 0 Å². The second kappa shape index (κ2) is 11.7. The molecule has 1 aliphatic rings. The minimum absolute atomic E-state index is 0.0952. The number of nitrogens with zero attached hydrogens (tertiary/aromatic N) is 4. The van der Waals surface area contributed by atoms with Crippen LogP contribution < -0.4 is 4.90 Å². The van der Waals surface area contributed by atoms with E-state index in [0.717, 1.165) is 22.4 Å². The number of aromatic nitrogens is 3. The fraction of sp³-hybridized carbons (Fsp3) is 0.214. The smallest absolute Gasteiger partial charge is 0.164 e. The van der Waals surface area contributed by atoms with Crippen LogP contribution in [0.1, 0.15) is 75.6 Å². The summed E-state index contributed by atoms with van der Waals surface area (Å²) in [6, 6.07) is 43.3. The van der Waals surface area contributed by atoms with Gasteiger partial charge in [-0.05, 0) is 70.5 Å². The van der Waals surface area contributed by atoms with Crippen molar-refractivity contribution in [3.05, 3.63) is 144 Å². The third kappa shape index (κ3) is 5.28. The minimum Gasteiger partial charge on any atom is -0.310 e. The van der Waals surface area contributed by atoms with Gasteiger partial charge in [0.1, 0.15) is 0 Å². The Bertz CT molecular complexity index is 1880. The molecule has 0 fully saturated rings. The summed E-state index contributed by atoms with van der Waals surface area (Å²) in [7, 11) is 0. The van der Waals surface area contributed by atoms with Crippen molar-refractivity contribution in [3.8, 4) is 34.2 Å². The quantitative estimate of drug-likeness (QED) is 0.191. The summed E-state index contributed by atoms with van der Waals surface area (Å²) >= 11 is 0. The molecule has 1 aliphatic heterocycles. The normalized spacial score (nSPS) is 13.5. The van der Waals surface area contributed by atoms with Crippen LogP contribution in [0.5, 0.6) is 0 Å². The maximum absolute atomic E-state index is 5.02. The predicted octanol–water partition coefficient (Wildman–Crippen LogP) is 11.2. The van der Waals surface area contributed by atoms with Gasteiger partial charge in [0.25, 0.3) is 0 Å². The summed E-state index contributed by atoms with van der Waals surface area (Å²) in [5.41, 5.74) is 11.5. The highest BCUT2D eigenvalue weighted by atomic mass is 15.2. The highest BCUT2D eigenvalue weighted by Crippen LogP contribution is 2.51. The number of anilines is 3. The van der Waals surface area contributed by atoms with Crippen LogP contribution in [0.3, 0.4) is 0 Å². The number of fused-ring (bicyclic) bond motifs is 2. The van der Waals surface area contributed by atoms with E-state index < -0.39 is 0 Å². The Labute approximate surface area is 272 Å². The highest BCUT2D eigenvalue weighted by Gasteiger charge is 2.36. The largest absolute Gasteiger partial charge is 0.310 e. The molecule has 0 saturated heterocycles. The van der Waals surface area contributed by atoms with E-state index in [2.05, 4.69) is 168 Å². The van der Waals surface area contributed by atoms with Crippen molar-refractivity contribution < 1.29 is 0 Å². The molecule has 0 saturated carbocycles. The van der Waals surface area contributed by atoms with E-state index in [4.69, 9.17) is 15.0 Å². The van der Waals surface area contributed by atoms with E-state index in [0.29, 0.717) is 29.3 Å². The van der Waals surface area contributed by atoms with Gasteiger partial charge in [-0.1, -0.05) is 126 Å². The summed E-state index contributed by atoms with van der Waals surface area (Å²) in [4.78, 5) is 17.4. The van der Waals surface area contributed by atoms with Gasteiger partial charge in [-0.3, -0.25) is 0 Å². The second-order valence-electron chi connectivity index (χ2n) is 13.4. The van der Waals surface area contributed by atoms with Crippen LogP contribution in [0.4, 0.5) is 17.1 Å². The van der Waals surface area contributed by atoms with E-state index in [-0.39, 0.29) is 5.41 Å².